The molecule has 0 spiro atoms. The van der Waals surface area contributed by atoms with Crippen molar-refractivity contribution < 1.29 is 22.4 Å². The summed E-state index contributed by atoms with van der Waals surface area (Å²) in [6, 6.07) is 4.87. The summed E-state index contributed by atoms with van der Waals surface area (Å²) >= 11 is 0. The Balaban J connectivity index is 1.67. The number of morpholine rings is 1. The molecule has 2 fully saturated rings. The van der Waals surface area contributed by atoms with Crippen LogP contribution in [-0.4, -0.2) is 58.2 Å². The molecule has 0 radical (unpaired) electrons. The van der Waals surface area contributed by atoms with Gasteiger partial charge in [0, 0.05) is 31.3 Å². The highest BCUT2D eigenvalue weighted by Gasteiger charge is 2.29. The number of nitrogens with one attached hydrogen (secondary N) is 1. The Hall–Kier alpha value is -2.31. The van der Waals surface area contributed by atoms with Crippen molar-refractivity contribution in [1.82, 2.24) is 5.32 Å². The molecule has 1 unspecified atom stereocenters. The first kappa shape index (κ1) is 17.5. The van der Waals surface area contributed by atoms with Gasteiger partial charge >= 0.3 is 0 Å². The minimum absolute atomic E-state index is 0.0602. The Morgan fingerprint density at radius 1 is 1.36 bits per heavy atom. The molecule has 0 aliphatic carbocycles. The van der Waals surface area contributed by atoms with E-state index >= 15 is 0 Å². The second kappa shape index (κ2) is 7.29. The van der Waals surface area contributed by atoms with Crippen LogP contribution in [0.3, 0.4) is 0 Å². The smallest absolute Gasteiger partial charge is 0.262 e. The van der Waals surface area contributed by atoms with Crippen molar-refractivity contribution in [2.75, 3.05) is 42.7 Å². The standard InChI is InChI=1S/C16H19N3O5S/c17-10-12(16(20)18-13-3-8-25(21,22)11-13)9-14-1-2-15(24-14)19-4-6-23-7-5-19/h1-2,9,13H,3-8,11H2,(H,18,20). The lowest BCUT2D eigenvalue weighted by atomic mass is 10.2. The zero-order valence-corrected chi connectivity index (χ0v) is 14.4. The van der Waals surface area contributed by atoms with Crippen molar-refractivity contribution in [3.05, 3.63) is 23.5 Å². The number of nitriles is 1. The minimum atomic E-state index is -3.09. The lowest BCUT2D eigenvalue weighted by Crippen LogP contribution is -2.36. The number of carbonyl (C=O) groups excluding carboxylic acids is 1. The molecule has 134 valence electrons. The fraction of sp³-hybridized carbons (Fsp3) is 0.500. The molecule has 0 aromatic carbocycles. The van der Waals surface area contributed by atoms with Crippen LogP contribution >= 0.6 is 0 Å². The summed E-state index contributed by atoms with van der Waals surface area (Å²) in [5, 5.41) is 11.8. The Bertz CT molecular complexity index is 815. The van der Waals surface area contributed by atoms with E-state index in [0.717, 1.165) is 13.1 Å². The molecule has 2 aliphatic rings. The summed E-state index contributed by atoms with van der Waals surface area (Å²) < 4.78 is 33.9. The molecule has 0 saturated carbocycles. The number of nitrogens with zero attached hydrogens (tertiary/aromatic N) is 2. The van der Waals surface area contributed by atoms with E-state index in [4.69, 9.17) is 9.15 Å². The average molecular weight is 365 g/mol. The van der Waals surface area contributed by atoms with E-state index in [9.17, 15) is 18.5 Å². The number of hydrogen-bond acceptors (Lipinski definition) is 7. The van der Waals surface area contributed by atoms with Gasteiger partial charge in [-0.15, -0.1) is 0 Å². The van der Waals surface area contributed by atoms with Gasteiger partial charge in [-0.3, -0.25) is 4.79 Å². The summed E-state index contributed by atoms with van der Waals surface area (Å²) in [5.41, 5.74) is -0.118. The van der Waals surface area contributed by atoms with Crippen molar-refractivity contribution in [3.63, 3.8) is 0 Å². The van der Waals surface area contributed by atoms with E-state index in [1.54, 1.807) is 12.1 Å². The molecule has 25 heavy (non-hydrogen) atoms. The number of sulfone groups is 1. The van der Waals surface area contributed by atoms with Gasteiger partial charge in [-0.05, 0) is 12.5 Å². The highest BCUT2D eigenvalue weighted by molar-refractivity contribution is 7.91. The van der Waals surface area contributed by atoms with Crippen molar-refractivity contribution >= 4 is 27.7 Å². The number of hydrogen-bond donors (Lipinski definition) is 1. The molecule has 8 nitrogen and oxygen atoms in total. The van der Waals surface area contributed by atoms with Gasteiger partial charge in [-0.2, -0.15) is 5.26 Å². The summed E-state index contributed by atoms with van der Waals surface area (Å²) in [6.45, 7) is 2.70. The van der Waals surface area contributed by atoms with Crippen LogP contribution < -0.4 is 10.2 Å². The Kier molecular flexibility index (Phi) is 5.11. The third-order valence-electron chi connectivity index (χ3n) is 4.15. The first-order chi connectivity index (χ1) is 12.0. The van der Waals surface area contributed by atoms with Gasteiger partial charge in [0.05, 0.1) is 24.7 Å². The van der Waals surface area contributed by atoms with Crippen molar-refractivity contribution in [1.29, 1.82) is 5.26 Å². The van der Waals surface area contributed by atoms with E-state index in [1.165, 1.54) is 6.08 Å². The van der Waals surface area contributed by atoms with Crippen LogP contribution in [0, 0.1) is 11.3 Å². The molecule has 1 atom stereocenters. The van der Waals surface area contributed by atoms with Crippen molar-refractivity contribution in [2.45, 2.75) is 12.5 Å². The van der Waals surface area contributed by atoms with Crippen LogP contribution in [0.15, 0.2) is 22.1 Å². The second-order valence-corrected chi connectivity index (χ2v) is 8.25. The third-order valence-corrected chi connectivity index (χ3v) is 5.92. The van der Waals surface area contributed by atoms with Gasteiger partial charge in [-0.25, -0.2) is 8.42 Å². The third kappa shape index (κ3) is 4.41. The normalized spacial score (nSPS) is 23.2. The van der Waals surface area contributed by atoms with Crippen LogP contribution in [0.5, 0.6) is 0 Å². The fourth-order valence-corrected chi connectivity index (χ4v) is 4.51. The van der Waals surface area contributed by atoms with Crippen LogP contribution in [0.4, 0.5) is 5.88 Å². The minimum Gasteiger partial charge on any atom is -0.441 e. The maximum Gasteiger partial charge on any atom is 0.262 e. The van der Waals surface area contributed by atoms with E-state index in [0.29, 0.717) is 31.3 Å². The lowest BCUT2D eigenvalue weighted by molar-refractivity contribution is -0.117. The Morgan fingerprint density at radius 3 is 2.76 bits per heavy atom. The van der Waals surface area contributed by atoms with E-state index < -0.39 is 21.8 Å². The molecule has 3 heterocycles. The van der Waals surface area contributed by atoms with Gasteiger partial charge in [-0.1, -0.05) is 0 Å². The quantitative estimate of drug-likeness (QED) is 0.604. The van der Waals surface area contributed by atoms with Gasteiger partial charge in [0.25, 0.3) is 5.91 Å². The summed E-state index contributed by atoms with van der Waals surface area (Å²) in [7, 11) is -3.09. The topological polar surface area (TPSA) is 113 Å². The summed E-state index contributed by atoms with van der Waals surface area (Å²) in [4.78, 5) is 14.2. The molecule has 1 N–H and O–H groups in total. The summed E-state index contributed by atoms with van der Waals surface area (Å²) in [5.74, 6) is 0.444. The summed E-state index contributed by atoms with van der Waals surface area (Å²) in [6.07, 6.45) is 1.73. The zero-order chi connectivity index (χ0) is 17.9. The number of furan rings is 1. The number of amides is 1. The Labute approximate surface area is 146 Å². The van der Waals surface area contributed by atoms with Crippen LogP contribution in [0.1, 0.15) is 12.2 Å². The fourth-order valence-electron chi connectivity index (χ4n) is 2.84. The molecule has 1 aromatic rings. The number of carbonyl (C=O) groups is 1. The van der Waals surface area contributed by atoms with Crippen LogP contribution in [-0.2, 0) is 19.4 Å². The number of rotatable bonds is 4. The van der Waals surface area contributed by atoms with Crippen molar-refractivity contribution in [3.8, 4) is 6.07 Å². The average Bonchev–Trinajstić information content (AvgIpc) is 3.19. The SMILES string of the molecule is N#CC(=Cc1ccc(N2CCOCC2)o1)C(=O)NC1CCS(=O)(=O)C1. The maximum absolute atomic E-state index is 12.2. The van der Waals surface area contributed by atoms with E-state index in [2.05, 4.69) is 5.32 Å². The number of anilines is 1. The monoisotopic (exact) mass is 365 g/mol. The van der Waals surface area contributed by atoms with Gasteiger partial charge in [0.2, 0.25) is 0 Å². The molecule has 0 bridgehead atoms. The van der Waals surface area contributed by atoms with Gasteiger partial charge in [0.15, 0.2) is 15.7 Å². The zero-order valence-electron chi connectivity index (χ0n) is 13.6. The van der Waals surface area contributed by atoms with Crippen molar-refractivity contribution in [2.24, 2.45) is 0 Å². The predicted octanol–water partition coefficient (Wildman–Crippen LogP) is 0.326. The highest BCUT2D eigenvalue weighted by Crippen LogP contribution is 2.21. The molecule has 1 amide bonds. The molecule has 3 rings (SSSR count). The molecular weight excluding hydrogens is 346 g/mol. The first-order valence-electron chi connectivity index (χ1n) is 8.02. The van der Waals surface area contributed by atoms with Gasteiger partial charge in [0.1, 0.15) is 17.4 Å². The Morgan fingerprint density at radius 2 is 2.12 bits per heavy atom. The first-order valence-corrected chi connectivity index (χ1v) is 9.84. The predicted molar refractivity (Wildman–Crippen MR) is 90.5 cm³/mol. The molecule has 2 aliphatic heterocycles. The second-order valence-electron chi connectivity index (χ2n) is 6.02. The molecule has 1 aromatic heterocycles. The van der Waals surface area contributed by atoms with Crippen LogP contribution in [0.25, 0.3) is 6.08 Å². The molecular formula is C16H19N3O5S. The largest absolute Gasteiger partial charge is 0.441 e. The molecule has 2 saturated heterocycles. The maximum atomic E-state index is 12.2. The van der Waals surface area contributed by atoms with E-state index in [1.807, 2.05) is 11.0 Å². The lowest BCUT2D eigenvalue weighted by Gasteiger charge is -2.26. The van der Waals surface area contributed by atoms with Gasteiger partial charge < -0.3 is 19.4 Å². The van der Waals surface area contributed by atoms with E-state index in [-0.39, 0.29) is 17.1 Å². The highest BCUT2D eigenvalue weighted by atomic mass is 32.2. The number of ether oxygens (including phenoxy) is 1. The molecule has 9 heteroatoms. The van der Waals surface area contributed by atoms with Crippen LogP contribution in [0.2, 0.25) is 0 Å².